The van der Waals surface area contributed by atoms with E-state index in [-0.39, 0.29) is 5.22 Å². The largest absolute Gasteiger partial charge is 0.497 e. The van der Waals surface area contributed by atoms with Crippen molar-refractivity contribution in [1.29, 1.82) is 0 Å². The summed E-state index contributed by atoms with van der Waals surface area (Å²) in [5.41, 5.74) is 1.71. The Kier molecular flexibility index (Phi) is 3.41. The van der Waals surface area contributed by atoms with E-state index in [1.54, 1.807) is 25.3 Å². The van der Waals surface area contributed by atoms with Crippen molar-refractivity contribution in [2.75, 3.05) is 7.11 Å². The third-order valence-electron chi connectivity index (χ3n) is 2.64. The third kappa shape index (κ3) is 2.46. The predicted molar refractivity (Wildman–Crippen MR) is 65.5 cm³/mol. The minimum Gasteiger partial charge on any atom is -0.497 e. The summed E-state index contributed by atoms with van der Waals surface area (Å²) in [6.45, 7) is 1.91. The summed E-state index contributed by atoms with van der Waals surface area (Å²) in [4.78, 5) is 0. The molecule has 0 aliphatic carbocycles. The van der Waals surface area contributed by atoms with Gasteiger partial charge in [0.05, 0.1) is 7.11 Å². The molecule has 0 aliphatic rings. The molecular formula is C13H13ClO3. The van der Waals surface area contributed by atoms with Gasteiger partial charge in [0, 0.05) is 0 Å². The molecule has 1 atom stereocenters. The predicted octanol–water partition coefficient (Wildman–Crippen LogP) is 3.33. The van der Waals surface area contributed by atoms with Crippen LogP contribution in [0.1, 0.15) is 23.0 Å². The molecule has 1 aromatic carbocycles. The lowest BCUT2D eigenvalue weighted by Crippen LogP contribution is -2.01. The van der Waals surface area contributed by atoms with E-state index < -0.39 is 6.10 Å². The van der Waals surface area contributed by atoms with Crippen molar-refractivity contribution in [2.45, 2.75) is 13.0 Å². The Morgan fingerprint density at radius 3 is 2.59 bits per heavy atom. The lowest BCUT2D eigenvalue weighted by atomic mass is 10.0. The summed E-state index contributed by atoms with van der Waals surface area (Å²) in [6, 6.07) is 8.75. The number of halogens is 1. The van der Waals surface area contributed by atoms with Crippen molar-refractivity contribution in [1.82, 2.24) is 0 Å². The molecule has 1 heterocycles. The standard InChI is InChI=1S/C13H13ClO3/c1-8-7-9(16-2)3-4-10(8)13(15)11-5-6-12(14)17-11/h3-7,13,15H,1-2H3. The molecule has 0 saturated carbocycles. The molecule has 0 bridgehead atoms. The van der Waals surface area contributed by atoms with Gasteiger partial charge >= 0.3 is 0 Å². The number of ether oxygens (including phenoxy) is 1. The minimum atomic E-state index is -0.812. The van der Waals surface area contributed by atoms with E-state index in [0.29, 0.717) is 5.76 Å². The molecule has 17 heavy (non-hydrogen) atoms. The van der Waals surface area contributed by atoms with Gasteiger partial charge in [0.2, 0.25) is 0 Å². The number of aryl methyl sites for hydroxylation is 1. The van der Waals surface area contributed by atoms with Crippen LogP contribution in [-0.4, -0.2) is 12.2 Å². The van der Waals surface area contributed by atoms with Gasteiger partial charge in [0.25, 0.3) is 0 Å². The van der Waals surface area contributed by atoms with Gasteiger partial charge in [-0.1, -0.05) is 6.07 Å². The van der Waals surface area contributed by atoms with Gasteiger partial charge in [0.15, 0.2) is 5.22 Å². The molecule has 90 valence electrons. The van der Waals surface area contributed by atoms with E-state index in [2.05, 4.69) is 0 Å². The van der Waals surface area contributed by atoms with Crippen LogP contribution in [0.3, 0.4) is 0 Å². The van der Waals surface area contributed by atoms with Gasteiger partial charge in [0.1, 0.15) is 17.6 Å². The van der Waals surface area contributed by atoms with Crippen LogP contribution in [-0.2, 0) is 0 Å². The van der Waals surface area contributed by atoms with Crippen molar-refractivity contribution in [3.63, 3.8) is 0 Å². The van der Waals surface area contributed by atoms with Crippen LogP contribution in [0.2, 0.25) is 5.22 Å². The fraction of sp³-hybridized carbons (Fsp3) is 0.231. The van der Waals surface area contributed by atoms with Gasteiger partial charge < -0.3 is 14.3 Å². The number of aliphatic hydroxyl groups is 1. The van der Waals surface area contributed by atoms with E-state index in [1.165, 1.54) is 0 Å². The number of aliphatic hydroxyl groups excluding tert-OH is 1. The number of methoxy groups -OCH3 is 1. The van der Waals surface area contributed by atoms with Crippen LogP contribution in [0, 0.1) is 6.92 Å². The highest BCUT2D eigenvalue weighted by molar-refractivity contribution is 6.28. The summed E-state index contributed by atoms with van der Waals surface area (Å²) in [5, 5.41) is 10.4. The monoisotopic (exact) mass is 252 g/mol. The average Bonchev–Trinajstić information content (AvgIpc) is 2.75. The first-order valence-electron chi connectivity index (χ1n) is 5.19. The maximum absolute atomic E-state index is 10.2. The van der Waals surface area contributed by atoms with Gasteiger partial charge in [-0.05, 0) is 53.9 Å². The molecule has 0 amide bonds. The summed E-state index contributed by atoms with van der Waals surface area (Å²) >= 11 is 5.68. The highest BCUT2D eigenvalue weighted by atomic mass is 35.5. The Hall–Kier alpha value is -1.45. The molecule has 0 spiro atoms. The molecular weight excluding hydrogens is 240 g/mol. The molecule has 4 heteroatoms. The molecule has 0 fully saturated rings. The molecule has 0 aliphatic heterocycles. The van der Waals surface area contributed by atoms with Crippen molar-refractivity contribution >= 4 is 11.6 Å². The zero-order chi connectivity index (χ0) is 12.4. The average molecular weight is 253 g/mol. The molecule has 3 nitrogen and oxygen atoms in total. The smallest absolute Gasteiger partial charge is 0.193 e. The molecule has 0 saturated heterocycles. The zero-order valence-corrected chi connectivity index (χ0v) is 10.4. The number of hydrogen-bond acceptors (Lipinski definition) is 3. The Bertz CT molecular complexity index is 519. The topological polar surface area (TPSA) is 42.6 Å². The highest BCUT2D eigenvalue weighted by Gasteiger charge is 2.16. The second-order valence-electron chi connectivity index (χ2n) is 3.77. The van der Waals surface area contributed by atoms with E-state index in [1.807, 2.05) is 19.1 Å². The number of hydrogen-bond donors (Lipinski definition) is 1. The van der Waals surface area contributed by atoms with Crippen LogP contribution in [0.25, 0.3) is 0 Å². The maximum Gasteiger partial charge on any atom is 0.193 e. The summed E-state index contributed by atoms with van der Waals surface area (Å²) < 4.78 is 10.3. The van der Waals surface area contributed by atoms with Crippen LogP contribution in [0.4, 0.5) is 0 Å². The molecule has 1 N–H and O–H groups in total. The lowest BCUT2D eigenvalue weighted by molar-refractivity contribution is 0.189. The first-order valence-corrected chi connectivity index (χ1v) is 5.57. The lowest BCUT2D eigenvalue weighted by Gasteiger charge is -2.12. The number of furan rings is 1. The Balaban J connectivity index is 2.34. The Morgan fingerprint density at radius 1 is 1.29 bits per heavy atom. The van der Waals surface area contributed by atoms with Gasteiger partial charge in [-0.2, -0.15) is 0 Å². The van der Waals surface area contributed by atoms with E-state index in [9.17, 15) is 5.11 Å². The molecule has 2 rings (SSSR count). The van der Waals surface area contributed by atoms with Gasteiger partial charge in [-0.3, -0.25) is 0 Å². The molecule has 0 radical (unpaired) electrons. The van der Waals surface area contributed by atoms with E-state index in [4.69, 9.17) is 20.8 Å². The van der Waals surface area contributed by atoms with Crippen LogP contribution < -0.4 is 4.74 Å². The maximum atomic E-state index is 10.2. The fourth-order valence-electron chi connectivity index (χ4n) is 1.71. The van der Waals surface area contributed by atoms with Crippen LogP contribution >= 0.6 is 11.6 Å². The Labute approximate surface area is 105 Å². The minimum absolute atomic E-state index is 0.269. The number of rotatable bonds is 3. The molecule has 1 unspecified atom stereocenters. The fourth-order valence-corrected chi connectivity index (χ4v) is 1.86. The SMILES string of the molecule is COc1ccc(C(O)c2ccc(Cl)o2)c(C)c1. The normalized spacial score (nSPS) is 12.5. The third-order valence-corrected chi connectivity index (χ3v) is 2.84. The van der Waals surface area contributed by atoms with Crippen LogP contribution in [0.15, 0.2) is 34.7 Å². The number of benzene rings is 1. The van der Waals surface area contributed by atoms with Crippen molar-refractivity contribution in [2.24, 2.45) is 0 Å². The van der Waals surface area contributed by atoms with Crippen molar-refractivity contribution in [3.05, 3.63) is 52.4 Å². The van der Waals surface area contributed by atoms with Crippen LogP contribution in [0.5, 0.6) is 5.75 Å². The highest BCUT2D eigenvalue weighted by Crippen LogP contribution is 2.29. The molecule has 1 aromatic heterocycles. The second-order valence-corrected chi connectivity index (χ2v) is 4.14. The first-order chi connectivity index (χ1) is 8.11. The van der Waals surface area contributed by atoms with E-state index >= 15 is 0 Å². The van der Waals surface area contributed by atoms with Crippen molar-refractivity contribution < 1.29 is 14.3 Å². The van der Waals surface area contributed by atoms with Gasteiger partial charge in [-0.25, -0.2) is 0 Å². The summed E-state index contributed by atoms with van der Waals surface area (Å²) in [5.74, 6) is 1.19. The Morgan fingerprint density at radius 2 is 2.06 bits per heavy atom. The first kappa shape index (κ1) is 12.0. The second kappa shape index (κ2) is 4.82. The summed E-state index contributed by atoms with van der Waals surface area (Å²) in [7, 11) is 1.61. The van der Waals surface area contributed by atoms with E-state index in [0.717, 1.165) is 16.9 Å². The quantitative estimate of drug-likeness (QED) is 0.911. The summed E-state index contributed by atoms with van der Waals surface area (Å²) in [6.07, 6.45) is -0.812. The van der Waals surface area contributed by atoms with Gasteiger partial charge in [-0.15, -0.1) is 0 Å². The van der Waals surface area contributed by atoms with Crippen molar-refractivity contribution in [3.8, 4) is 5.75 Å². The zero-order valence-electron chi connectivity index (χ0n) is 9.61. The molecule has 2 aromatic rings.